The molecule has 0 amide bonds. The van der Waals surface area contributed by atoms with Crippen molar-refractivity contribution in [1.82, 2.24) is 10.2 Å². The van der Waals surface area contributed by atoms with Gasteiger partial charge in [-0.05, 0) is 19.9 Å². The van der Waals surface area contributed by atoms with Crippen molar-refractivity contribution >= 4 is 0 Å². The van der Waals surface area contributed by atoms with E-state index >= 15 is 0 Å². The molecule has 2 aliphatic heterocycles. The average Bonchev–Trinajstić information content (AvgIpc) is 2.46. The molecule has 0 aromatic rings. The molecule has 2 rings (SSSR count). The zero-order chi connectivity index (χ0) is 7.14. The van der Waals surface area contributed by atoms with E-state index < -0.39 is 0 Å². The first-order valence-electron chi connectivity index (χ1n) is 4.28. The molecule has 2 fully saturated rings. The fraction of sp³-hybridized carbons (Fsp3) is 1.00. The van der Waals surface area contributed by atoms with Gasteiger partial charge in [0.05, 0.1) is 0 Å². The first-order valence-corrected chi connectivity index (χ1v) is 4.28. The molecule has 1 unspecified atom stereocenters. The standard InChI is InChI=1S/C8H16N2/c1-3-8-7-4-6(5-9-7)10(8)2/h6-9H,3-5H2,1-2H3/t6-,7-,8?/m1/s1. The average molecular weight is 140 g/mol. The van der Waals surface area contributed by atoms with Crippen LogP contribution in [0.25, 0.3) is 0 Å². The van der Waals surface area contributed by atoms with Gasteiger partial charge >= 0.3 is 0 Å². The van der Waals surface area contributed by atoms with Gasteiger partial charge in [-0.15, -0.1) is 0 Å². The van der Waals surface area contributed by atoms with Crippen LogP contribution >= 0.6 is 0 Å². The highest BCUT2D eigenvalue weighted by Crippen LogP contribution is 2.29. The Bertz CT molecular complexity index is 133. The quantitative estimate of drug-likeness (QED) is 0.568. The Balaban J connectivity index is 2.10. The Morgan fingerprint density at radius 3 is 2.80 bits per heavy atom. The molecule has 0 spiro atoms. The van der Waals surface area contributed by atoms with Crippen molar-refractivity contribution in [2.24, 2.45) is 0 Å². The van der Waals surface area contributed by atoms with Crippen LogP contribution in [0.5, 0.6) is 0 Å². The zero-order valence-electron chi connectivity index (χ0n) is 6.80. The van der Waals surface area contributed by atoms with Crippen molar-refractivity contribution in [2.45, 2.75) is 37.9 Å². The van der Waals surface area contributed by atoms with Crippen LogP contribution in [-0.2, 0) is 0 Å². The number of hydrogen-bond donors (Lipinski definition) is 1. The Morgan fingerprint density at radius 2 is 2.40 bits per heavy atom. The summed E-state index contributed by atoms with van der Waals surface area (Å²) < 4.78 is 0. The summed E-state index contributed by atoms with van der Waals surface area (Å²) in [6.07, 6.45) is 2.68. The molecule has 58 valence electrons. The van der Waals surface area contributed by atoms with Crippen LogP contribution < -0.4 is 5.32 Å². The van der Waals surface area contributed by atoms with Gasteiger partial charge in [0.25, 0.3) is 0 Å². The van der Waals surface area contributed by atoms with Crippen LogP contribution in [0, 0.1) is 0 Å². The summed E-state index contributed by atoms with van der Waals surface area (Å²) in [6, 6.07) is 2.47. The van der Waals surface area contributed by atoms with Crippen molar-refractivity contribution in [3.63, 3.8) is 0 Å². The maximum Gasteiger partial charge on any atom is 0.0247 e. The highest BCUT2D eigenvalue weighted by Gasteiger charge is 2.42. The van der Waals surface area contributed by atoms with E-state index in [1.54, 1.807) is 0 Å². The van der Waals surface area contributed by atoms with Gasteiger partial charge in [-0.3, -0.25) is 4.90 Å². The van der Waals surface area contributed by atoms with Crippen LogP contribution in [0.3, 0.4) is 0 Å². The van der Waals surface area contributed by atoms with E-state index in [0.717, 1.165) is 18.1 Å². The first-order chi connectivity index (χ1) is 4.83. The Morgan fingerprint density at radius 1 is 1.60 bits per heavy atom. The van der Waals surface area contributed by atoms with E-state index in [1.165, 1.54) is 19.4 Å². The number of likely N-dealkylation sites (N-methyl/N-ethyl adjacent to an activating group) is 1. The molecule has 0 aliphatic carbocycles. The van der Waals surface area contributed by atoms with Gasteiger partial charge in [0, 0.05) is 24.7 Å². The Kier molecular flexibility index (Phi) is 1.46. The lowest BCUT2D eigenvalue weighted by Crippen LogP contribution is -2.48. The van der Waals surface area contributed by atoms with Gasteiger partial charge in [0.15, 0.2) is 0 Å². The number of fused-ring (bicyclic) bond motifs is 2. The molecule has 2 nitrogen and oxygen atoms in total. The fourth-order valence-corrected chi connectivity index (χ4v) is 2.48. The minimum Gasteiger partial charge on any atom is -0.311 e. The van der Waals surface area contributed by atoms with E-state index in [0.29, 0.717) is 0 Å². The third-order valence-corrected chi connectivity index (χ3v) is 3.12. The molecule has 0 radical (unpaired) electrons. The fourth-order valence-electron chi connectivity index (χ4n) is 2.48. The highest BCUT2D eigenvalue weighted by atomic mass is 15.3. The minimum absolute atomic E-state index is 0.806. The van der Waals surface area contributed by atoms with Gasteiger partial charge in [-0.25, -0.2) is 0 Å². The molecular formula is C8H16N2. The molecule has 2 saturated heterocycles. The highest BCUT2D eigenvalue weighted by molar-refractivity contribution is 5.02. The van der Waals surface area contributed by atoms with Crippen LogP contribution in [0.1, 0.15) is 19.8 Å². The third kappa shape index (κ3) is 0.722. The van der Waals surface area contributed by atoms with E-state index in [4.69, 9.17) is 0 Å². The zero-order valence-corrected chi connectivity index (χ0v) is 6.80. The molecule has 10 heavy (non-hydrogen) atoms. The SMILES string of the molecule is CCC1[C@H]2C[C@H](CN2)N1C. The summed E-state index contributed by atoms with van der Waals surface area (Å²) in [5.74, 6) is 0. The summed E-state index contributed by atoms with van der Waals surface area (Å²) in [4.78, 5) is 2.54. The third-order valence-electron chi connectivity index (χ3n) is 3.12. The topological polar surface area (TPSA) is 15.3 Å². The molecular weight excluding hydrogens is 124 g/mol. The maximum atomic E-state index is 3.55. The molecule has 2 aliphatic rings. The summed E-state index contributed by atoms with van der Waals surface area (Å²) in [6.45, 7) is 3.50. The summed E-state index contributed by atoms with van der Waals surface area (Å²) >= 11 is 0. The number of nitrogens with zero attached hydrogens (tertiary/aromatic N) is 1. The van der Waals surface area contributed by atoms with E-state index in [-0.39, 0.29) is 0 Å². The van der Waals surface area contributed by atoms with Gasteiger partial charge in [-0.1, -0.05) is 6.92 Å². The van der Waals surface area contributed by atoms with Crippen molar-refractivity contribution in [1.29, 1.82) is 0 Å². The van der Waals surface area contributed by atoms with Crippen molar-refractivity contribution in [2.75, 3.05) is 13.6 Å². The van der Waals surface area contributed by atoms with E-state index in [1.807, 2.05) is 0 Å². The minimum atomic E-state index is 0.806. The smallest absolute Gasteiger partial charge is 0.0247 e. The van der Waals surface area contributed by atoms with Crippen LogP contribution in [0.2, 0.25) is 0 Å². The van der Waals surface area contributed by atoms with Crippen LogP contribution in [-0.4, -0.2) is 36.6 Å². The second-order valence-electron chi connectivity index (χ2n) is 3.55. The number of piperazine rings is 1. The monoisotopic (exact) mass is 140 g/mol. The van der Waals surface area contributed by atoms with E-state index in [9.17, 15) is 0 Å². The number of likely N-dealkylation sites (tertiary alicyclic amines) is 1. The lowest BCUT2D eigenvalue weighted by molar-refractivity contribution is 0.188. The number of nitrogens with one attached hydrogen (secondary N) is 1. The molecule has 2 heterocycles. The van der Waals surface area contributed by atoms with Crippen molar-refractivity contribution in [3.05, 3.63) is 0 Å². The molecule has 0 saturated carbocycles. The Hall–Kier alpha value is -0.0800. The molecule has 2 bridgehead atoms. The van der Waals surface area contributed by atoms with Crippen LogP contribution in [0.4, 0.5) is 0 Å². The number of hydrogen-bond acceptors (Lipinski definition) is 2. The predicted octanol–water partition coefficient (Wildman–Crippen LogP) is 0.441. The molecule has 2 heteroatoms. The summed E-state index contributed by atoms with van der Waals surface area (Å²) in [5.41, 5.74) is 0. The van der Waals surface area contributed by atoms with E-state index in [2.05, 4.69) is 24.2 Å². The van der Waals surface area contributed by atoms with Gasteiger partial charge in [0.1, 0.15) is 0 Å². The van der Waals surface area contributed by atoms with Crippen molar-refractivity contribution < 1.29 is 0 Å². The summed E-state index contributed by atoms with van der Waals surface area (Å²) in [5, 5.41) is 3.55. The summed E-state index contributed by atoms with van der Waals surface area (Å²) in [7, 11) is 2.26. The number of rotatable bonds is 1. The molecule has 0 aromatic carbocycles. The second-order valence-corrected chi connectivity index (χ2v) is 3.55. The van der Waals surface area contributed by atoms with Crippen molar-refractivity contribution in [3.8, 4) is 0 Å². The predicted molar refractivity (Wildman–Crippen MR) is 42.0 cm³/mol. The second kappa shape index (κ2) is 2.21. The van der Waals surface area contributed by atoms with Gasteiger partial charge < -0.3 is 5.32 Å². The first kappa shape index (κ1) is 6.62. The maximum absolute atomic E-state index is 3.55. The molecule has 1 N–H and O–H groups in total. The van der Waals surface area contributed by atoms with Gasteiger partial charge in [-0.2, -0.15) is 0 Å². The largest absolute Gasteiger partial charge is 0.311 e. The molecule has 3 atom stereocenters. The normalized spacial score (nSPS) is 46.8. The van der Waals surface area contributed by atoms with Gasteiger partial charge in [0.2, 0.25) is 0 Å². The van der Waals surface area contributed by atoms with Crippen LogP contribution in [0.15, 0.2) is 0 Å². The lowest BCUT2D eigenvalue weighted by Gasteiger charge is -2.31. The lowest BCUT2D eigenvalue weighted by atomic mass is 10.1. The Labute approximate surface area is 62.6 Å². The molecule has 0 aromatic heterocycles.